The summed E-state index contributed by atoms with van der Waals surface area (Å²) in [5.41, 5.74) is 5.14. The Morgan fingerprint density at radius 1 is 1.04 bits per heavy atom. The van der Waals surface area contributed by atoms with E-state index in [-0.39, 0.29) is 0 Å². The fourth-order valence-corrected chi connectivity index (χ4v) is 2.99. The molecule has 114 valence electrons. The molecule has 0 aliphatic rings. The summed E-state index contributed by atoms with van der Waals surface area (Å²) in [6.45, 7) is 0. The maximum atomic E-state index is 6.21. The zero-order valence-corrected chi connectivity index (χ0v) is 13.2. The molecule has 0 radical (unpaired) electrons. The molecule has 4 nitrogen and oxygen atoms in total. The molecule has 2 N–H and O–H groups in total. The minimum Gasteiger partial charge on any atom is -0.497 e. The normalized spacial score (nSPS) is 11.0. The van der Waals surface area contributed by atoms with E-state index in [0.717, 1.165) is 39.2 Å². The van der Waals surface area contributed by atoms with Crippen LogP contribution in [-0.4, -0.2) is 22.3 Å². The van der Waals surface area contributed by atoms with Gasteiger partial charge in [0.1, 0.15) is 5.75 Å². The Kier molecular flexibility index (Phi) is 3.32. The van der Waals surface area contributed by atoms with E-state index in [1.54, 1.807) is 13.3 Å². The van der Waals surface area contributed by atoms with Gasteiger partial charge in [-0.1, -0.05) is 23.7 Å². The number of hydrogen-bond acceptors (Lipinski definition) is 2. The van der Waals surface area contributed by atoms with Crippen molar-refractivity contribution in [3.63, 3.8) is 0 Å². The number of aromatic nitrogens is 3. The summed E-state index contributed by atoms with van der Waals surface area (Å²) in [5, 5.41) is 8.87. The van der Waals surface area contributed by atoms with Crippen LogP contribution in [-0.2, 0) is 0 Å². The lowest BCUT2D eigenvalue weighted by atomic mass is 10.0. The van der Waals surface area contributed by atoms with Gasteiger partial charge in [0.15, 0.2) is 0 Å². The molecule has 5 heteroatoms. The van der Waals surface area contributed by atoms with Gasteiger partial charge in [0.05, 0.1) is 18.5 Å². The van der Waals surface area contributed by atoms with Crippen molar-refractivity contribution in [2.75, 3.05) is 7.11 Å². The van der Waals surface area contributed by atoms with Crippen LogP contribution in [0.1, 0.15) is 0 Å². The third kappa shape index (κ3) is 2.37. The van der Waals surface area contributed by atoms with E-state index in [1.807, 2.05) is 48.5 Å². The first kappa shape index (κ1) is 13.9. The number of nitrogens with one attached hydrogen (secondary N) is 2. The highest BCUT2D eigenvalue weighted by Gasteiger charge is 2.16. The quantitative estimate of drug-likeness (QED) is 0.564. The van der Waals surface area contributed by atoms with Crippen molar-refractivity contribution in [2.45, 2.75) is 0 Å². The van der Waals surface area contributed by atoms with Crippen LogP contribution in [0, 0.1) is 0 Å². The number of aromatic amines is 2. The van der Waals surface area contributed by atoms with E-state index in [1.165, 1.54) is 0 Å². The minimum absolute atomic E-state index is 0.711. The fourth-order valence-electron chi connectivity index (χ4n) is 2.82. The molecular formula is C18H14ClN3O. The van der Waals surface area contributed by atoms with Crippen LogP contribution in [0.3, 0.4) is 0 Å². The first-order chi connectivity index (χ1) is 11.3. The van der Waals surface area contributed by atoms with E-state index < -0.39 is 0 Å². The largest absolute Gasteiger partial charge is 0.497 e. The van der Waals surface area contributed by atoms with Crippen LogP contribution in [0.25, 0.3) is 33.4 Å². The number of ether oxygens (including phenoxy) is 1. The van der Waals surface area contributed by atoms with Gasteiger partial charge in [-0.25, -0.2) is 0 Å². The highest BCUT2D eigenvalue weighted by atomic mass is 35.5. The molecule has 2 aromatic carbocycles. The van der Waals surface area contributed by atoms with Crippen molar-refractivity contribution < 1.29 is 4.74 Å². The number of benzene rings is 2. The van der Waals surface area contributed by atoms with Crippen molar-refractivity contribution in [3.8, 4) is 28.3 Å². The van der Waals surface area contributed by atoms with Crippen molar-refractivity contribution in [3.05, 3.63) is 59.8 Å². The summed E-state index contributed by atoms with van der Waals surface area (Å²) in [5.74, 6) is 0.828. The molecule has 0 saturated heterocycles. The van der Waals surface area contributed by atoms with Crippen LogP contribution in [0.2, 0.25) is 5.02 Å². The molecule has 4 rings (SSSR count). The van der Waals surface area contributed by atoms with Gasteiger partial charge in [0.2, 0.25) is 0 Å². The third-order valence-corrected chi connectivity index (χ3v) is 4.14. The summed E-state index contributed by atoms with van der Waals surface area (Å²) in [7, 11) is 1.66. The first-order valence-corrected chi connectivity index (χ1v) is 7.59. The van der Waals surface area contributed by atoms with Crippen molar-refractivity contribution in [1.82, 2.24) is 15.2 Å². The van der Waals surface area contributed by atoms with Gasteiger partial charge < -0.3 is 9.72 Å². The lowest BCUT2D eigenvalue weighted by Gasteiger charge is -2.06. The zero-order valence-electron chi connectivity index (χ0n) is 12.4. The van der Waals surface area contributed by atoms with Crippen LogP contribution in [0.5, 0.6) is 5.75 Å². The van der Waals surface area contributed by atoms with E-state index >= 15 is 0 Å². The summed E-state index contributed by atoms with van der Waals surface area (Å²) in [6, 6.07) is 15.8. The number of methoxy groups -OCH3 is 1. The average molecular weight is 324 g/mol. The molecule has 0 aliphatic heterocycles. The van der Waals surface area contributed by atoms with Gasteiger partial charge in [0, 0.05) is 27.7 Å². The summed E-state index contributed by atoms with van der Waals surface area (Å²) in [4.78, 5) is 3.46. The Bertz CT molecular complexity index is 956. The number of rotatable bonds is 3. The Morgan fingerprint density at radius 2 is 1.87 bits per heavy atom. The minimum atomic E-state index is 0.711. The summed E-state index contributed by atoms with van der Waals surface area (Å²) < 4.78 is 5.25. The second kappa shape index (κ2) is 5.48. The maximum Gasteiger partial charge on any atom is 0.118 e. The molecule has 4 aromatic rings. The SMILES string of the molecule is COc1ccc(-c2c(-c3ccn[nH]3)[nH]c3ccc(Cl)cc23)cc1. The topological polar surface area (TPSA) is 53.7 Å². The van der Waals surface area contributed by atoms with Gasteiger partial charge in [-0.3, -0.25) is 5.10 Å². The van der Waals surface area contributed by atoms with Gasteiger partial charge in [0.25, 0.3) is 0 Å². The van der Waals surface area contributed by atoms with E-state index in [9.17, 15) is 0 Å². The monoisotopic (exact) mass is 323 g/mol. The van der Waals surface area contributed by atoms with Gasteiger partial charge in [-0.2, -0.15) is 5.10 Å². The first-order valence-electron chi connectivity index (χ1n) is 7.21. The van der Waals surface area contributed by atoms with Crippen LogP contribution >= 0.6 is 11.6 Å². The average Bonchev–Trinajstić information content (AvgIpc) is 3.22. The molecule has 23 heavy (non-hydrogen) atoms. The van der Waals surface area contributed by atoms with E-state index in [2.05, 4.69) is 15.2 Å². The number of fused-ring (bicyclic) bond motifs is 1. The molecular weight excluding hydrogens is 310 g/mol. The van der Waals surface area contributed by atoms with Crippen molar-refractivity contribution in [2.24, 2.45) is 0 Å². The van der Waals surface area contributed by atoms with Crippen molar-refractivity contribution in [1.29, 1.82) is 0 Å². The fraction of sp³-hybridized carbons (Fsp3) is 0.0556. The molecule has 0 saturated carbocycles. The van der Waals surface area contributed by atoms with E-state index in [4.69, 9.17) is 16.3 Å². The molecule has 0 spiro atoms. The predicted octanol–water partition coefficient (Wildman–Crippen LogP) is 4.89. The Labute approximate surface area is 138 Å². The van der Waals surface area contributed by atoms with Crippen LogP contribution < -0.4 is 4.74 Å². The summed E-state index contributed by atoms with van der Waals surface area (Å²) >= 11 is 6.21. The second-order valence-electron chi connectivity index (χ2n) is 5.26. The molecule has 0 bridgehead atoms. The zero-order chi connectivity index (χ0) is 15.8. The Morgan fingerprint density at radius 3 is 2.57 bits per heavy atom. The Hall–Kier alpha value is -2.72. The highest BCUT2D eigenvalue weighted by molar-refractivity contribution is 6.31. The maximum absolute atomic E-state index is 6.21. The number of halogens is 1. The third-order valence-electron chi connectivity index (χ3n) is 3.91. The van der Waals surface area contributed by atoms with Gasteiger partial charge in [-0.15, -0.1) is 0 Å². The molecule has 0 atom stereocenters. The Balaban J connectivity index is 2.01. The molecule has 0 aliphatic carbocycles. The molecule has 2 aromatic heterocycles. The number of hydrogen-bond donors (Lipinski definition) is 2. The van der Waals surface area contributed by atoms with Crippen LogP contribution in [0.15, 0.2) is 54.7 Å². The molecule has 2 heterocycles. The summed E-state index contributed by atoms with van der Waals surface area (Å²) in [6.07, 6.45) is 1.74. The highest BCUT2D eigenvalue weighted by Crippen LogP contribution is 2.39. The van der Waals surface area contributed by atoms with Crippen LogP contribution in [0.4, 0.5) is 0 Å². The smallest absolute Gasteiger partial charge is 0.118 e. The lowest BCUT2D eigenvalue weighted by Crippen LogP contribution is -1.85. The standard InChI is InChI=1S/C18H14ClN3O/c1-23-13-5-2-11(3-6-13)17-14-10-12(19)4-7-15(14)21-18(17)16-8-9-20-22-16/h2-10,21H,1H3,(H,20,22). The van der Waals surface area contributed by atoms with E-state index in [0.29, 0.717) is 5.02 Å². The molecule has 0 fully saturated rings. The molecule has 0 amide bonds. The lowest BCUT2D eigenvalue weighted by molar-refractivity contribution is 0.415. The van der Waals surface area contributed by atoms with Gasteiger partial charge in [-0.05, 0) is 42.0 Å². The van der Waals surface area contributed by atoms with Crippen molar-refractivity contribution >= 4 is 22.5 Å². The number of H-pyrrole nitrogens is 2. The molecule has 0 unspecified atom stereocenters. The predicted molar refractivity (Wildman–Crippen MR) is 92.9 cm³/mol. The van der Waals surface area contributed by atoms with Gasteiger partial charge >= 0.3 is 0 Å². The number of nitrogens with zero attached hydrogens (tertiary/aromatic N) is 1. The second-order valence-corrected chi connectivity index (χ2v) is 5.70.